The fourth-order valence-electron chi connectivity index (χ4n) is 1.80. The van der Waals surface area contributed by atoms with Crippen molar-refractivity contribution in [3.05, 3.63) is 45.4 Å². The van der Waals surface area contributed by atoms with Crippen molar-refractivity contribution in [1.82, 2.24) is 9.88 Å². The SMILES string of the molecule is COc1ccccc1CN(C)Cc1cnc(Cl)s1. The lowest BCUT2D eigenvalue weighted by atomic mass is 10.2. The van der Waals surface area contributed by atoms with Crippen LogP contribution in [0.2, 0.25) is 4.47 Å². The molecule has 1 aromatic heterocycles. The molecule has 0 saturated carbocycles. The maximum absolute atomic E-state index is 5.82. The summed E-state index contributed by atoms with van der Waals surface area (Å²) in [6.45, 7) is 1.67. The zero-order chi connectivity index (χ0) is 13.0. The fourth-order valence-corrected chi connectivity index (χ4v) is 2.86. The van der Waals surface area contributed by atoms with E-state index in [9.17, 15) is 0 Å². The first kappa shape index (κ1) is 13.3. The minimum atomic E-state index is 0.593. The molecule has 0 unspecified atom stereocenters. The summed E-state index contributed by atoms with van der Waals surface area (Å²) in [6, 6.07) is 8.06. The first-order chi connectivity index (χ1) is 8.69. The molecule has 0 amide bonds. The second-order valence-electron chi connectivity index (χ2n) is 4.06. The van der Waals surface area contributed by atoms with Crippen molar-refractivity contribution in [3.63, 3.8) is 0 Å². The highest BCUT2D eigenvalue weighted by Crippen LogP contribution is 2.22. The molecule has 1 aromatic carbocycles. The molecule has 18 heavy (non-hydrogen) atoms. The van der Waals surface area contributed by atoms with Crippen LogP contribution in [0, 0.1) is 0 Å². The number of thiazole rings is 1. The Morgan fingerprint density at radius 2 is 2.11 bits per heavy atom. The van der Waals surface area contributed by atoms with Crippen LogP contribution in [0.5, 0.6) is 5.75 Å². The first-order valence-corrected chi connectivity index (χ1v) is 6.79. The molecule has 0 aliphatic rings. The van der Waals surface area contributed by atoms with Crippen molar-refractivity contribution in [1.29, 1.82) is 0 Å². The summed E-state index contributed by atoms with van der Waals surface area (Å²) < 4.78 is 5.94. The van der Waals surface area contributed by atoms with E-state index in [1.54, 1.807) is 7.11 Å². The highest BCUT2D eigenvalue weighted by Gasteiger charge is 2.08. The molecule has 1 heterocycles. The molecule has 96 valence electrons. The van der Waals surface area contributed by atoms with Gasteiger partial charge in [0.1, 0.15) is 5.75 Å². The number of nitrogens with zero attached hydrogens (tertiary/aromatic N) is 2. The molecule has 0 spiro atoms. The molecule has 2 aromatic rings. The molecule has 0 radical (unpaired) electrons. The number of halogens is 1. The summed E-state index contributed by atoms with van der Waals surface area (Å²) in [6.07, 6.45) is 1.83. The molecule has 3 nitrogen and oxygen atoms in total. The standard InChI is InChI=1S/C13H15ClN2OS/c1-16(9-11-7-15-13(14)18-11)8-10-5-3-4-6-12(10)17-2/h3-7H,8-9H2,1-2H3. The van der Waals surface area contributed by atoms with Crippen LogP contribution >= 0.6 is 22.9 Å². The molecular weight excluding hydrogens is 268 g/mol. The van der Waals surface area contributed by atoms with Gasteiger partial charge in [-0.15, -0.1) is 11.3 Å². The van der Waals surface area contributed by atoms with Gasteiger partial charge in [-0.05, 0) is 13.1 Å². The van der Waals surface area contributed by atoms with Gasteiger partial charge in [0.15, 0.2) is 4.47 Å². The van der Waals surface area contributed by atoms with Crippen LogP contribution in [0.4, 0.5) is 0 Å². The predicted octanol–water partition coefficient (Wildman–Crippen LogP) is 3.44. The van der Waals surface area contributed by atoms with Crippen LogP contribution < -0.4 is 4.74 Å². The van der Waals surface area contributed by atoms with E-state index in [1.807, 2.05) is 24.4 Å². The fraction of sp³-hybridized carbons (Fsp3) is 0.308. The van der Waals surface area contributed by atoms with Gasteiger partial charge in [-0.2, -0.15) is 0 Å². The van der Waals surface area contributed by atoms with Crippen LogP contribution in [-0.2, 0) is 13.1 Å². The zero-order valence-corrected chi connectivity index (χ0v) is 12.0. The smallest absolute Gasteiger partial charge is 0.183 e. The van der Waals surface area contributed by atoms with Crippen LogP contribution in [0.1, 0.15) is 10.4 Å². The molecule has 0 atom stereocenters. The zero-order valence-electron chi connectivity index (χ0n) is 10.4. The summed E-state index contributed by atoms with van der Waals surface area (Å²) in [4.78, 5) is 7.42. The summed E-state index contributed by atoms with van der Waals surface area (Å²) in [7, 11) is 3.77. The largest absolute Gasteiger partial charge is 0.496 e. The highest BCUT2D eigenvalue weighted by molar-refractivity contribution is 7.15. The Bertz CT molecular complexity index is 515. The Kier molecular flexibility index (Phi) is 4.58. The molecule has 0 bridgehead atoms. The number of hydrogen-bond acceptors (Lipinski definition) is 4. The average Bonchev–Trinajstić information content (AvgIpc) is 2.75. The molecule has 0 N–H and O–H groups in total. The van der Waals surface area contributed by atoms with Gasteiger partial charge in [-0.1, -0.05) is 29.8 Å². The van der Waals surface area contributed by atoms with Crippen molar-refractivity contribution in [2.75, 3.05) is 14.2 Å². The van der Waals surface area contributed by atoms with Gasteiger partial charge in [0.05, 0.1) is 7.11 Å². The lowest BCUT2D eigenvalue weighted by molar-refractivity contribution is 0.312. The average molecular weight is 283 g/mol. The molecule has 0 fully saturated rings. The molecule has 0 aliphatic carbocycles. The number of para-hydroxylation sites is 1. The topological polar surface area (TPSA) is 25.4 Å². The van der Waals surface area contributed by atoms with Gasteiger partial charge in [0.25, 0.3) is 0 Å². The molecule has 0 aliphatic heterocycles. The van der Waals surface area contributed by atoms with E-state index in [2.05, 4.69) is 23.0 Å². The van der Waals surface area contributed by atoms with Crippen molar-refractivity contribution in [2.45, 2.75) is 13.1 Å². The number of methoxy groups -OCH3 is 1. The van der Waals surface area contributed by atoms with Crippen LogP contribution in [0.15, 0.2) is 30.5 Å². The third-order valence-corrected chi connectivity index (χ3v) is 3.68. The van der Waals surface area contributed by atoms with Gasteiger partial charge in [0, 0.05) is 29.7 Å². The number of ether oxygens (including phenoxy) is 1. The normalized spacial score (nSPS) is 10.9. The molecule has 5 heteroatoms. The molecule has 0 saturated heterocycles. The van der Waals surface area contributed by atoms with Gasteiger partial charge in [-0.25, -0.2) is 4.98 Å². The number of benzene rings is 1. The quantitative estimate of drug-likeness (QED) is 0.840. The molecular formula is C13H15ClN2OS. The van der Waals surface area contributed by atoms with E-state index >= 15 is 0 Å². The van der Waals surface area contributed by atoms with E-state index in [1.165, 1.54) is 16.9 Å². The van der Waals surface area contributed by atoms with Crippen LogP contribution in [0.25, 0.3) is 0 Å². The third kappa shape index (κ3) is 3.45. The lowest BCUT2D eigenvalue weighted by Gasteiger charge is -2.17. The summed E-state index contributed by atoms with van der Waals surface area (Å²) in [5, 5.41) is 0. The van der Waals surface area contributed by atoms with E-state index in [0.717, 1.165) is 23.7 Å². The van der Waals surface area contributed by atoms with Gasteiger partial charge >= 0.3 is 0 Å². The van der Waals surface area contributed by atoms with E-state index < -0.39 is 0 Å². The van der Waals surface area contributed by atoms with Crippen molar-refractivity contribution in [2.24, 2.45) is 0 Å². The predicted molar refractivity (Wildman–Crippen MR) is 75.3 cm³/mol. The lowest BCUT2D eigenvalue weighted by Crippen LogP contribution is -2.17. The van der Waals surface area contributed by atoms with Gasteiger partial charge in [0.2, 0.25) is 0 Å². The van der Waals surface area contributed by atoms with Crippen molar-refractivity contribution < 1.29 is 4.74 Å². The Morgan fingerprint density at radius 3 is 2.78 bits per heavy atom. The maximum Gasteiger partial charge on any atom is 0.183 e. The second kappa shape index (κ2) is 6.18. The first-order valence-electron chi connectivity index (χ1n) is 5.59. The minimum absolute atomic E-state index is 0.593. The second-order valence-corrected chi connectivity index (χ2v) is 5.76. The highest BCUT2D eigenvalue weighted by atomic mass is 35.5. The van der Waals surface area contributed by atoms with E-state index in [0.29, 0.717) is 4.47 Å². The Morgan fingerprint density at radius 1 is 1.33 bits per heavy atom. The van der Waals surface area contributed by atoms with Crippen molar-refractivity contribution in [3.8, 4) is 5.75 Å². The minimum Gasteiger partial charge on any atom is -0.496 e. The van der Waals surface area contributed by atoms with Gasteiger partial charge < -0.3 is 4.74 Å². The Balaban J connectivity index is 2.00. The summed E-state index contributed by atoms with van der Waals surface area (Å²) in [5.41, 5.74) is 1.18. The molecule has 2 rings (SSSR count). The van der Waals surface area contributed by atoms with Crippen molar-refractivity contribution >= 4 is 22.9 Å². The number of aromatic nitrogens is 1. The van der Waals surface area contributed by atoms with E-state index in [4.69, 9.17) is 16.3 Å². The Hall–Kier alpha value is -1.10. The maximum atomic E-state index is 5.82. The number of rotatable bonds is 5. The van der Waals surface area contributed by atoms with E-state index in [-0.39, 0.29) is 0 Å². The summed E-state index contributed by atoms with van der Waals surface area (Å²) >= 11 is 7.34. The van der Waals surface area contributed by atoms with Crippen LogP contribution in [-0.4, -0.2) is 24.0 Å². The monoisotopic (exact) mass is 282 g/mol. The Labute approximate surface area is 116 Å². The number of hydrogen-bond donors (Lipinski definition) is 0. The summed E-state index contributed by atoms with van der Waals surface area (Å²) in [5.74, 6) is 0.923. The van der Waals surface area contributed by atoms with Crippen LogP contribution in [0.3, 0.4) is 0 Å². The third-order valence-electron chi connectivity index (χ3n) is 2.58. The van der Waals surface area contributed by atoms with Gasteiger partial charge in [-0.3, -0.25) is 4.90 Å².